The van der Waals surface area contributed by atoms with Gasteiger partial charge in [0.25, 0.3) is 17.6 Å². The fourth-order valence-corrected chi connectivity index (χ4v) is 5.24. The molecule has 0 unspecified atom stereocenters. The number of aromatic nitrogens is 4. The van der Waals surface area contributed by atoms with E-state index in [0.29, 0.717) is 47.4 Å². The standard InChI is InChI=1S/C24H25FN4O3.C7H8N2O2.C6H6N2O2.CH4O.Cl2OS/c1-27(2)24(32)22(30)20-14-26-21-8-5-18(15-29(20)21)23(31)28-11-9-17(10-12-28)13-16-3-6-19(25)7-4-16;1-11-7(10)5-2-3-6(8)9-4-5;7-5-2-1-4(3-8-5)6(9)10;1-2;1-4(2)3/h3-8,14-15,17H,9-13H2,1-2H3;2-4H,1H3,(H2,8,9);1-3H,(H2,7,8)(H,9,10);2H,1H3;. The highest BCUT2D eigenvalue weighted by molar-refractivity contribution is 8.26. The molecule has 2 amide bonds. The summed E-state index contributed by atoms with van der Waals surface area (Å²) in [6.07, 6.45) is 8.14. The van der Waals surface area contributed by atoms with Crippen LogP contribution in [0, 0.1) is 11.7 Å². The van der Waals surface area contributed by atoms with Gasteiger partial charge in [-0.1, -0.05) is 12.1 Å². The Hall–Kier alpha value is -6.02. The Bertz CT molecular complexity index is 2180. The summed E-state index contributed by atoms with van der Waals surface area (Å²) in [5.41, 5.74) is 13.3. The number of nitrogens with zero attached hydrogens (tertiary/aromatic N) is 6. The van der Waals surface area contributed by atoms with Crippen molar-refractivity contribution in [2.24, 2.45) is 5.92 Å². The van der Waals surface area contributed by atoms with Crippen molar-refractivity contribution in [3.63, 3.8) is 0 Å². The summed E-state index contributed by atoms with van der Waals surface area (Å²) >= 11 is 0. The maximum absolute atomic E-state index is 13.1. The number of hydrogen-bond acceptors (Lipinski definition) is 13. The number of aliphatic hydroxyl groups excluding tert-OH is 1. The number of pyridine rings is 3. The van der Waals surface area contributed by atoms with Crippen LogP contribution in [0.25, 0.3) is 5.65 Å². The molecule has 4 aromatic heterocycles. The van der Waals surface area contributed by atoms with Crippen molar-refractivity contribution in [3.8, 4) is 0 Å². The van der Waals surface area contributed by atoms with Gasteiger partial charge in [0.15, 0.2) is 0 Å². The van der Waals surface area contributed by atoms with Crippen LogP contribution in [0.3, 0.4) is 0 Å². The smallest absolute Gasteiger partial charge is 0.339 e. The zero-order valence-corrected chi connectivity index (χ0v) is 34.7. The van der Waals surface area contributed by atoms with Crippen LogP contribution in [0.2, 0.25) is 0 Å². The first-order chi connectivity index (χ1) is 28.0. The van der Waals surface area contributed by atoms with Crippen LogP contribution in [-0.2, 0) is 25.2 Å². The van der Waals surface area contributed by atoms with Crippen LogP contribution in [0.5, 0.6) is 0 Å². The molecule has 6 rings (SSSR count). The van der Waals surface area contributed by atoms with E-state index < -0.39 is 32.9 Å². The molecule has 1 fully saturated rings. The summed E-state index contributed by atoms with van der Waals surface area (Å²) < 4.78 is 28.1. The topological polar surface area (TPSA) is 254 Å². The number of methoxy groups -OCH3 is 1. The number of halogens is 3. The number of anilines is 2. The predicted molar refractivity (Wildman–Crippen MR) is 221 cm³/mol. The summed E-state index contributed by atoms with van der Waals surface area (Å²) in [6.45, 7) is 1.27. The van der Waals surface area contributed by atoms with Gasteiger partial charge < -0.3 is 36.2 Å². The number of carboxylic acid groups (broad SMARTS) is 1. The zero-order valence-electron chi connectivity index (χ0n) is 32.3. The second-order valence-electron chi connectivity index (χ2n) is 12.3. The van der Waals surface area contributed by atoms with Crippen molar-refractivity contribution < 1.29 is 47.5 Å². The minimum absolute atomic E-state index is 0.113. The Morgan fingerprint density at radius 1 is 0.847 bits per heavy atom. The lowest BCUT2D eigenvalue weighted by Crippen LogP contribution is -2.39. The average molecular weight is 878 g/mol. The maximum Gasteiger partial charge on any atom is 0.339 e. The number of piperidine rings is 1. The first-order valence-corrected chi connectivity index (χ1v) is 20.0. The summed E-state index contributed by atoms with van der Waals surface area (Å²) in [5.74, 6) is -1.91. The first kappa shape index (κ1) is 49.1. The molecule has 0 saturated carbocycles. The number of ketones is 1. The highest BCUT2D eigenvalue weighted by atomic mass is 36.0. The molecule has 5 heterocycles. The van der Waals surface area contributed by atoms with E-state index in [2.05, 4.69) is 41.1 Å². The summed E-state index contributed by atoms with van der Waals surface area (Å²) in [4.78, 5) is 73.2. The van der Waals surface area contributed by atoms with E-state index in [1.165, 1.54) is 73.4 Å². The molecule has 0 radical (unpaired) electrons. The molecule has 6 N–H and O–H groups in total. The molecule has 0 spiro atoms. The number of fused-ring (bicyclic) bond motifs is 1. The van der Waals surface area contributed by atoms with Crippen molar-refractivity contribution >= 4 is 77.4 Å². The largest absolute Gasteiger partial charge is 0.478 e. The van der Waals surface area contributed by atoms with Crippen molar-refractivity contribution in [3.05, 3.63) is 119 Å². The Morgan fingerprint density at radius 2 is 1.37 bits per heavy atom. The number of carbonyl (C=O) groups excluding carboxylic acids is 4. The number of carboxylic acids is 1. The summed E-state index contributed by atoms with van der Waals surface area (Å²) in [5, 5.41) is 15.4. The third-order valence-electron chi connectivity index (χ3n) is 8.17. The number of ether oxygens (including phenoxy) is 1. The van der Waals surface area contributed by atoms with E-state index in [9.17, 15) is 28.4 Å². The number of aliphatic hydroxyl groups is 1. The number of aromatic carboxylic acids is 1. The van der Waals surface area contributed by atoms with Gasteiger partial charge in [0.05, 0.1) is 30.0 Å². The number of carbonyl (C=O) groups is 5. The van der Waals surface area contributed by atoms with Gasteiger partial charge in [-0.15, -0.1) is 0 Å². The Kier molecular flexibility index (Phi) is 20.6. The van der Waals surface area contributed by atoms with E-state index in [1.807, 2.05) is 17.0 Å². The first-order valence-electron chi connectivity index (χ1n) is 17.2. The average Bonchev–Trinajstić information content (AvgIpc) is 3.66. The van der Waals surface area contributed by atoms with Crippen molar-refractivity contribution in [1.29, 1.82) is 0 Å². The minimum Gasteiger partial charge on any atom is -0.478 e. The molecular weight excluding hydrogens is 834 g/mol. The Balaban J connectivity index is 0.000000360. The number of benzene rings is 1. The van der Waals surface area contributed by atoms with E-state index in [1.54, 1.807) is 30.5 Å². The van der Waals surface area contributed by atoms with Crippen molar-refractivity contribution in [1.82, 2.24) is 29.2 Å². The van der Waals surface area contributed by atoms with Gasteiger partial charge in [0.2, 0.25) is 9.23 Å². The molecule has 1 aromatic carbocycles. The molecule has 0 bridgehead atoms. The highest BCUT2D eigenvalue weighted by Gasteiger charge is 2.26. The molecule has 0 atom stereocenters. The third kappa shape index (κ3) is 16.0. The lowest BCUT2D eigenvalue weighted by molar-refractivity contribution is -0.124. The molecule has 1 aliphatic heterocycles. The fourth-order valence-electron chi connectivity index (χ4n) is 5.24. The zero-order chi connectivity index (χ0) is 44.2. The summed E-state index contributed by atoms with van der Waals surface area (Å²) in [7, 11) is 12.7. The Labute approximate surface area is 350 Å². The molecule has 0 aliphatic carbocycles. The highest BCUT2D eigenvalue weighted by Crippen LogP contribution is 2.23. The van der Waals surface area contributed by atoms with Gasteiger partial charge in [-0.05, 0) is 79.3 Å². The van der Waals surface area contributed by atoms with Crippen LogP contribution >= 0.6 is 21.4 Å². The number of esters is 1. The quantitative estimate of drug-likeness (QED) is 0.0770. The number of nitrogens with two attached hydrogens (primary N) is 2. The molecule has 1 aliphatic rings. The second kappa shape index (κ2) is 24.7. The molecular formula is C38H43Cl2FN8O9S. The maximum atomic E-state index is 13.1. The van der Waals surface area contributed by atoms with Gasteiger partial charge in [0, 0.05) is 74.2 Å². The van der Waals surface area contributed by atoms with Crippen LogP contribution in [-0.4, -0.2) is 115 Å². The molecule has 17 nitrogen and oxygen atoms in total. The van der Waals surface area contributed by atoms with E-state index >= 15 is 0 Å². The lowest BCUT2D eigenvalue weighted by Gasteiger charge is -2.32. The van der Waals surface area contributed by atoms with Gasteiger partial charge >= 0.3 is 11.9 Å². The SMILES string of the molecule is CN(C)C(=O)C(=O)c1cnc2ccc(C(=O)N3CCC(Cc4ccc(F)cc4)CC3)cn12.CO.COC(=O)c1ccc(N)nc1.Nc1ccc(C(=O)O)cn1.O=S(Cl)Cl. The van der Waals surface area contributed by atoms with Crippen molar-refractivity contribution in [2.45, 2.75) is 19.3 Å². The number of imidazole rings is 1. The number of hydrogen-bond donors (Lipinski definition) is 4. The van der Waals surface area contributed by atoms with E-state index in [-0.39, 0.29) is 23.0 Å². The molecule has 316 valence electrons. The van der Waals surface area contributed by atoms with E-state index in [0.717, 1.165) is 31.9 Å². The van der Waals surface area contributed by atoms with Crippen LogP contribution < -0.4 is 11.5 Å². The van der Waals surface area contributed by atoms with Crippen molar-refractivity contribution in [2.75, 3.05) is 52.9 Å². The van der Waals surface area contributed by atoms with Gasteiger partial charge in [-0.25, -0.2) is 33.1 Å². The lowest BCUT2D eigenvalue weighted by atomic mass is 9.90. The number of amides is 2. The second-order valence-corrected chi connectivity index (χ2v) is 14.8. The van der Waals surface area contributed by atoms with Gasteiger partial charge in [-0.2, -0.15) is 0 Å². The molecule has 21 heteroatoms. The number of rotatable bonds is 7. The monoisotopic (exact) mass is 876 g/mol. The van der Waals surface area contributed by atoms with Crippen LogP contribution in [0.15, 0.2) is 85.5 Å². The molecule has 59 heavy (non-hydrogen) atoms. The van der Waals surface area contributed by atoms with E-state index in [4.69, 9.17) is 25.9 Å². The number of likely N-dealkylation sites (tertiary alicyclic amines) is 1. The fraction of sp³-hybridized carbons (Fsp3) is 0.263. The van der Waals surface area contributed by atoms with Crippen LogP contribution in [0.1, 0.15) is 60.0 Å². The van der Waals surface area contributed by atoms with Gasteiger partial charge in [-0.3, -0.25) is 18.8 Å². The number of Topliss-reactive ketones (excluding diaryl/α,β-unsaturated/α-hetero) is 1. The molecule has 1 saturated heterocycles. The van der Waals surface area contributed by atoms with Crippen LogP contribution in [0.4, 0.5) is 16.0 Å². The number of nitrogen functional groups attached to an aromatic ring is 2. The van der Waals surface area contributed by atoms with Gasteiger partial charge in [0.1, 0.15) is 28.8 Å². The number of likely N-dealkylation sites (N-methyl/N-ethyl adjacent to an activating group) is 1. The normalized spacial score (nSPS) is 11.8. The third-order valence-corrected chi connectivity index (χ3v) is 8.17. The minimum atomic E-state index is -1.67. The molecule has 5 aromatic rings. The summed E-state index contributed by atoms with van der Waals surface area (Å²) in [6, 6.07) is 15.9. The predicted octanol–water partition coefficient (Wildman–Crippen LogP) is 4.30. The Morgan fingerprint density at radius 3 is 1.85 bits per heavy atom.